The van der Waals surface area contributed by atoms with Crippen molar-refractivity contribution in [2.24, 2.45) is 0 Å². The predicted octanol–water partition coefficient (Wildman–Crippen LogP) is 0.807. The van der Waals surface area contributed by atoms with E-state index in [1.54, 1.807) is 0 Å². The highest BCUT2D eigenvalue weighted by Gasteiger charge is 2.27. The number of nitrogens with zero attached hydrogens (tertiary/aromatic N) is 1. The number of ether oxygens (including phenoxy) is 1. The van der Waals surface area contributed by atoms with Gasteiger partial charge in [0.25, 0.3) is 0 Å². The fraction of sp³-hybridized carbons (Fsp3) is 1.00. The lowest BCUT2D eigenvalue weighted by atomic mass is 10.0. The smallest absolute Gasteiger partial charge is 0.123 e. The molecule has 13 heavy (non-hydrogen) atoms. The first-order valence-electron chi connectivity index (χ1n) is 5.46. The van der Waals surface area contributed by atoms with Gasteiger partial charge in [-0.3, -0.25) is 4.90 Å². The van der Waals surface area contributed by atoms with E-state index in [9.17, 15) is 0 Å². The third-order valence-corrected chi connectivity index (χ3v) is 3.13. The van der Waals surface area contributed by atoms with Gasteiger partial charge in [0.15, 0.2) is 0 Å². The first-order valence-corrected chi connectivity index (χ1v) is 5.46. The Morgan fingerprint density at radius 3 is 3.00 bits per heavy atom. The molecule has 2 heterocycles. The minimum absolute atomic E-state index is 0.337. The molecule has 0 saturated carbocycles. The molecule has 2 saturated heterocycles. The average Bonchev–Trinajstić information content (AvgIpc) is 2.20. The van der Waals surface area contributed by atoms with Gasteiger partial charge in [0.2, 0.25) is 0 Å². The Bertz CT molecular complexity index is 157. The third kappa shape index (κ3) is 2.22. The molecule has 2 fully saturated rings. The molecule has 3 heteroatoms. The maximum atomic E-state index is 5.75. The maximum absolute atomic E-state index is 5.75. The summed E-state index contributed by atoms with van der Waals surface area (Å²) in [6.07, 6.45) is 4.39. The lowest BCUT2D eigenvalue weighted by Crippen LogP contribution is -2.53. The molecular formula is C10H20N2O. The van der Waals surface area contributed by atoms with Crippen molar-refractivity contribution in [1.82, 2.24) is 10.2 Å². The molecule has 2 rings (SSSR count). The van der Waals surface area contributed by atoms with Crippen molar-refractivity contribution in [1.29, 1.82) is 0 Å². The summed E-state index contributed by atoms with van der Waals surface area (Å²) < 4.78 is 5.75. The van der Waals surface area contributed by atoms with Crippen LogP contribution < -0.4 is 5.32 Å². The molecule has 2 aliphatic heterocycles. The Morgan fingerprint density at radius 2 is 2.31 bits per heavy atom. The zero-order valence-electron chi connectivity index (χ0n) is 8.46. The van der Waals surface area contributed by atoms with E-state index in [2.05, 4.69) is 17.1 Å². The summed E-state index contributed by atoms with van der Waals surface area (Å²) in [5.41, 5.74) is 0. The van der Waals surface area contributed by atoms with E-state index >= 15 is 0 Å². The number of likely N-dealkylation sites (tertiary alicyclic amines) is 1. The highest BCUT2D eigenvalue weighted by Crippen LogP contribution is 2.19. The van der Waals surface area contributed by atoms with E-state index in [1.807, 2.05) is 0 Å². The van der Waals surface area contributed by atoms with Gasteiger partial charge in [-0.1, -0.05) is 6.42 Å². The van der Waals surface area contributed by atoms with Gasteiger partial charge in [0.05, 0.1) is 6.61 Å². The zero-order chi connectivity index (χ0) is 9.10. The number of morpholine rings is 1. The van der Waals surface area contributed by atoms with Gasteiger partial charge in [-0.25, -0.2) is 0 Å². The normalized spacial score (nSPS) is 37.6. The predicted molar refractivity (Wildman–Crippen MR) is 52.6 cm³/mol. The van der Waals surface area contributed by atoms with Crippen LogP contribution in [0, 0.1) is 0 Å². The van der Waals surface area contributed by atoms with E-state index in [-0.39, 0.29) is 0 Å². The minimum atomic E-state index is 0.337. The van der Waals surface area contributed by atoms with Crippen molar-refractivity contribution >= 4 is 0 Å². The summed E-state index contributed by atoms with van der Waals surface area (Å²) in [6, 6.07) is 0.707. The third-order valence-electron chi connectivity index (χ3n) is 3.13. The Kier molecular flexibility index (Phi) is 3.19. The average molecular weight is 184 g/mol. The van der Waals surface area contributed by atoms with Crippen molar-refractivity contribution in [3.63, 3.8) is 0 Å². The van der Waals surface area contributed by atoms with Crippen LogP contribution >= 0.6 is 0 Å². The Hall–Kier alpha value is -0.120. The fourth-order valence-corrected chi connectivity index (χ4v) is 2.31. The van der Waals surface area contributed by atoms with E-state index < -0.39 is 0 Å². The number of nitrogens with one attached hydrogen (secondary N) is 1. The Balaban J connectivity index is 1.88. The Morgan fingerprint density at radius 1 is 1.38 bits per heavy atom. The molecule has 0 bridgehead atoms. The van der Waals surface area contributed by atoms with Gasteiger partial charge in [-0.05, 0) is 19.8 Å². The van der Waals surface area contributed by atoms with Crippen molar-refractivity contribution in [2.45, 2.75) is 38.5 Å². The summed E-state index contributed by atoms with van der Waals surface area (Å²) >= 11 is 0. The van der Waals surface area contributed by atoms with Crippen molar-refractivity contribution in [3.8, 4) is 0 Å². The van der Waals surface area contributed by atoms with Crippen LogP contribution in [-0.4, -0.2) is 43.4 Å². The monoisotopic (exact) mass is 184 g/mol. The fourth-order valence-electron chi connectivity index (χ4n) is 2.31. The van der Waals surface area contributed by atoms with Crippen LogP contribution in [0.3, 0.4) is 0 Å². The van der Waals surface area contributed by atoms with Crippen molar-refractivity contribution in [2.75, 3.05) is 26.2 Å². The molecule has 0 spiro atoms. The SMILES string of the molecule is CC1CCCCN1C1CNCCO1. The second kappa shape index (κ2) is 4.40. The van der Waals surface area contributed by atoms with Crippen LogP contribution in [-0.2, 0) is 4.74 Å². The number of piperidine rings is 1. The summed E-state index contributed by atoms with van der Waals surface area (Å²) in [5, 5.41) is 3.39. The van der Waals surface area contributed by atoms with Crippen LogP contribution in [0.4, 0.5) is 0 Å². The van der Waals surface area contributed by atoms with Gasteiger partial charge in [0, 0.05) is 25.7 Å². The van der Waals surface area contributed by atoms with Crippen LogP contribution in [0.25, 0.3) is 0 Å². The molecule has 3 nitrogen and oxygen atoms in total. The first kappa shape index (κ1) is 9.44. The van der Waals surface area contributed by atoms with Crippen LogP contribution in [0.1, 0.15) is 26.2 Å². The van der Waals surface area contributed by atoms with E-state index in [4.69, 9.17) is 4.74 Å². The first-order chi connectivity index (χ1) is 6.38. The number of hydrogen-bond donors (Lipinski definition) is 1. The molecule has 0 aliphatic carbocycles. The van der Waals surface area contributed by atoms with Crippen LogP contribution in [0.2, 0.25) is 0 Å². The van der Waals surface area contributed by atoms with E-state index in [1.165, 1.54) is 25.8 Å². The second-order valence-electron chi connectivity index (χ2n) is 4.11. The van der Waals surface area contributed by atoms with Gasteiger partial charge in [-0.15, -0.1) is 0 Å². The summed E-state index contributed by atoms with van der Waals surface area (Å²) in [4.78, 5) is 2.51. The zero-order valence-corrected chi connectivity index (χ0v) is 8.46. The molecular weight excluding hydrogens is 164 g/mol. The summed E-state index contributed by atoms with van der Waals surface area (Å²) in [7, 11) is 0. The summed E-state index contributed by atoms with van der Waals surface area (Å²) in [5.74, 6) is 0. The molecule has 76 valence electrons. The molecule has 1 N–H and O–H groups in total. The van der Waals surface area contributed by atoms with Crippen molar-refractivity contribution < 1.29 is 4.74 Å². The minimum Gasteiger partial charge on any atom is -0.360 e. The molecule has 2 unspecified atom stereocenters. The lowest BCUT2D eigenvalue weighted by Gasteiger charge is -2.41. The molecule has 0 amide bonds. The molecule has 0 radical (unpaired) electrons. The van der Waals surface area contributed by atoms with Crippen molar-refractivity contribution in [3.05, 3.63) is 0 Å². The molecule has 2 aliphatic rings. The lowest BCUT2D eigenvalue weighted by molar-refractivity contribution is -0.0987. The number of rotatable bonds is 1. The maximum Gasteiger partial charge on any atom is 0.123 e. The van der Waals surface area contributed by atoms with E-state index in [0.29, 0.717) is 12.3 Å². The van der Waals surface area contributed by atoms with E-state index in [0.717, 1.165) is 19.7 Å². The second-order valence-corrected chi connectivity index (χ2v) is 4.11. The van der Waals surface area contributed by atoms with Gasteiger partial charge in [0.1, 0.15) is 6.23 Å². The highest BCUT2D eigenvalue weighted by molar-refractivity contribution is 4.78. The molecule has 2 atom stereocenters. The molecule has 0 aromatic carbocycles. The largest absolute Gasteiger partial charge is 0.360 e. The molecule has 0 aromatic rings. The molecule has 0 aromatic heterocycles. The van der Waals surface area contributed by atoms with Gasteiger partial charge >= 0.3 is 0 Å². The Labute approximate surface area is 80.4 Å². The number of hydrogen-bond acceptors (Lipinski definition) is 3. The summed E-state index contributed by atoms with van der Waals surface area (Å²) in [6.45, 7) is 6.42. The van der Waals surface area contributed by atoms with Gasteiger partial charge < -0.3 is 10.1 Å². The topological polar surface area (TPSA) is 24.5 Å². The van der Waals surface area contributed by atoms with Crippen LogP contribution in [0.5, 0.6) is 0 Å². The van der Waals surface area contributed by atoms with Crippen LogP contribution in [0.15, 0.2) is 0 Å². The highest BCUT2D eigenvalue weighted by atomic mass is 16.5. The van der Waals surface area contributed by atoms with Gasteiger partial charge in [-0.2, -0.15) is 0 Å². The quantitative estimate of drug-likeness (QED) is 0.652. The standard InChI is InChI=1S/C10H20N2O/c1-9-4-2-3-6-12(9)10-8-11-5-7-13-10/h9-11H,2-8H2,1H3.